The number of hydrogen-bond donors (Lipinski definition) is 0. The first-order chi connectivity index (χ1) is 11.7. The highest BCUT2D eigenvalue weighted by Crippen LogP contribution is 2.36. The van der Waals surface area contributed by atoms with Crippen LogP contribution in [-0.4, -0.2) is 42.0 Å². The molecular weight excluding hydrogens is 357 g/mol. The second-order valence-electron chi connectivity index (χ2n) is 6.60. The minimum atomic E-state index is -4.28. The Labute approximate surface area is 148 Å². The van der Waals surface area contributed by atoms with Gasteiger partial charge < -0.3 is 0 Å². The second-order valence-corrected chi connectivity index (χ2v) is 7.00. The van der Waals surface area contributed by atoms with Crippen molar-refractivity contribution in [3.63, 3.8) is 0 Å². The van der Waals surface area contributed by atoms with Crippen molar-refractivity contribution in [1.82, 2.24) is 4.90 Å². The van der Waals surface area contributed by atoms with Crippen LogP contribution >= 0.6 is 11.6 Å². The molecule has 2 aliphatic rings. The van der Waals surface area contributed by atoms with Crippen LogP contribution in [0.3, 0.4) is 0 Å². The number of anilines is 1. The van der Waals surface area contributed by atoms with Gasteiger partial charge in [0.05, 0.1) is 24.1 Å². The lowest BCUT2D eigenvalue weighted by molar-refractivity contribution is -0.188. The predicted molar refractivity (Wildman–Crippen MR) is 87.4 cm³/mol. The normalized spacial score (nSPS) is 25.7. The fourth-order valence-electron chi connectivity index (χ4n) is 3.45. The minimum Gasteiger partial charge on any atom is -0.291 e. The maximum Gasteiger partial charge on any atom is 0.393 e. The number of aryl methyl sites for hydroxylation is 1. The molecule has 4 nitrogen and oxygen atoms in total. The molecule has 0 unspecified atom stereocenters. The smallest absolute Gasteiger partial charge is 0.291 e. The molecule has 2 heterocycles. The molecule has 1 aromatic carbocycles. The van der Waals surface area contributed by atoms with E-state index in [-0.39, 0.29) is 19.4 Å². The summed E-state index contributed by atoms with van der Waals surface area (Å²) in [6, 6.07) is 4.02. The summed E-state index contributed by atoms with van der Waals surface area (Å²) in [4.78, 5) is 27.6. The van der Waals surface area contributed by atoms with Crippen LogP contribution in [0.5, 0.6) is 0 Å². The molecule has 2 saturated heterocycles. The van der Waals surface area contributed by atoms with Crippen molar-refractivity contribution in [2.24, 2.45) is 5.92 Å². The summed E-state index contributed by atoms with van der Waals surface area (Å²) < 4.78 is 39.0. The highest BCUT2D eigenvalue weighted by atomic mass is 35.5. The number of carbonyl (C=O) groups excluding carboxylic acids is 2. The predicted octanol–water partition coefficient (Wildman–Crippen LogP) is 3.55. The number of rotatable bonds is 2. The van der Waals surface area contributed by atoms with Crippen molar-refractivity contribution in [3.8, 4) is 0 Å². The molecule has 0 spiro atoms. The molecule has 0 bridgehead atoms. The van der Waals surface area contributed by atoms with Crippen LogP contribution in [-0.2, 0) is 9.59 Å². The minimum absolute atomic E-state index is 0.0616. The number of alkyl halides is 3. The zero-order valence-electron chi connectivity index (χ0n) is 13.6. The monoisotopic (exact) mass is 374 g/mol. The van der Waals surface area contributed by atoms with Crippen molar-refractivity contribution in [1.29, 1.82) is 0 Å². The Morgan fingerprint density at radius 3 is 2.60 bits per heavy atom. The van der Waals surface area contributed by atoms with Crippen LogP contribution in [0.15, 0.2) is 18.2 Å². The van der Waals surface area contributed by atoms with Gasteiger partial charge in [0.15, 0.2) is 0 Å². The van der Waals surface area contributed by atoms with E-state index in [1.807, 2.05) is 0 Å². The number of likely N-dealkylation sites (tertiary alicyclic amines) is 1. The molecule has 0 aromatic heterocycles. The molecule has 136 valence electrons. The first-order valence-corrected chi connectivity index (χ1v) is 8.50. The Bertz CT molecular complexity index is 708. The summed E-state index contributed by atoms with van der Waals surface area (Å²) in [6.07, 6.45) is -3.96. The highest BCUT2D eigenvalue weighted by molar-refractivity contribution is 6.32. The van der Waals surface area contributed by atoms with Crippen LogP contribution in [0.4, 0.5) is 18.9 Å². The Kier molecular flexibility index (Phi) is 4.81. The van der Waals surface area contributed by atoms with Gasteiger partial charge in [0.25, 0.3) is 5.91 Å². The Morgan fingerprint density at radius 2 is 1.96 bits per heavy atom. The van der Waals surface area contributed by atoms with Gasteiger partial charge in [-0.3, -0.25) is 14.5 Å². The third-order valence-electron chi connectivity index (χ3n) is 4.89. The number of carbonyl (C=O) groups is 2. The first-order valence-electron chi connectivity index (χ1n) is 8.12. The maximum absolute atomic E-state index is 13.0. The third-order valence-corrected chi connectivity index (χ3v) is 5.30. The van der Waals surface area contributed by atoms with Crippen molar-refractivity contribution >= 4 is 29.1 Å². The quantitative estimate of drug-likeness (QED) is 0.743. The maximum atomic E-state index is 13.0. The van der Waals surface area contributed by atoms with E-state index in [0.717, 1.165) is 10.5 Å². The average Bonchev–Trinajstić information content (AvgIpc) is 2.84. The third kappa shape index (κ3) is 3.53. The Balaban J connectivity index is 1.80. The molecular formula is C17H18ClF3N2O2. The number of amides is 2. The van der Waals surface area contributed by atoms with Crippen molar-refractivity contribution in [3.05, 3.63) is 28.8 Å². The largest absolute Gasteiger partial charge is 0.393 e. The van der Waals surface area contributed by atoms with Gasteiger partial charge in [-0.25, -0.2) is 4.90 Å². The van der Waals surface area contributed by atoms with Crippen LogP contribution < -0.4 is 4.90 Å². The van der Waals surface area contributed by atoms with Crippen LogP contribution in [0.1, 0.15) is 24.8 Å². The molecule has 0 radical (unpaired) electrons. The zero-order valence-corrected chi connectivity index (χ0v) is 14.4. The molecule has 3 rings (SSSR count). The van der Waals surface area contributed by atoms with E-state index in [1.54, 1.807) is 19.1 Å². The van der Waals surface area contributed by atoms with E-state index in [2.05, 4.69) is 0 Å². The van der Waals surface area contributed by atoms with E-state index >= 15 is 0 Å². The number of nitrogens with zero attached hydrogens (tertiary/aromatic N) is 2. The van der Waals surface area contributed by atoms with Crippen molar-refractivity contribution in [2.75, 3.05) is 18.0 Å². The molecule has 0 saturated carbocycles. The molecule has 2 atom stereocenters. The second kappa shape index (κ2) is 6.61. The zero-order chi connectivity index (χ0) is 18.4. The van der Waals surface area contributed by atoms with Gasteiger partial charge in [0.2, 0.25) is 5.91 Å². The van der Waals surface area contributed by atoms with Crippen molar-refractivity contribution < 1.29 is 22.8 Å². The lowest BCUT2D eigenvalue weighted by atomic mass is 9.96. The first kappa shape index (κ1) is 18.2. The number of benzene rings is 1. The van der Waals surface area contributed by atoms with Gasteiger partial charge in [-0.1, -0.05) is 17.7 Å². The molecule has 0 N–H and O–H groups in total. The summed E-state index contributed by atoms with van der Waals surface area (Å²) in [7, 11) is 0. The highest BCUT2D eigenvalue weighted by Gasteiger charge is 2.48. The number of imide groups is 1. The van der Waals surface area contributed by atoms with Gasteiger partial charge in [0.1, 0.15) is 0 Å². The summed E-state index contributed by atoms with van der Waals surface area (Å²) in [5, 5.41) is 0.427. The average molecular weight is 375 g/mol. The Morgan fingerprint density at radius 1 is 1.24 bits per heavy atom. The molecule has 2 amide bonds. The van der Waals surface area contributed by atoms with E-state index < -0.39 is 30.0 Å². The van der Waals surface area contributed by atoms with E-state index in [0.29, 0.717) is 23.7 Å². The van der Waals surface area contributed by atoms with Crippen LogP contribution in [0, 0.1) is 12.8 Å². The fourth-order valence-corrected chi connectivity index (χ4v) is 3.62. The molecule has 2 aliphatic heterocycles. The molecule has 2 fully saturated rings. The summed E-state index contributed by atoms with van der Waals surface area (Å²) in [6.45, 7) is 1.95. The van der Waals surface area contributed by atoms with Gasteiger partial charge >= 0.3 is 6.18 Å². The standard InChI is InChI=1S/C17H18ClF3N2O2/c1-10-4-5-12(7-13(10)18)23-15(24)8-14(16(23)25)22-6-2-3-11(9-22)17(19,20)21/h4-5,7,11,14H,2-3,6,8-9H2,1H3/t11-,14-/m0/s1. The number of hydrogen-bond acceptors (Lipinski definition) is 3. The van der Waals surface area contributed by atoms with E-state index in [4.69, 9.17) is 11.6 Å². The molecule has 0 aliphatic carbocycles. The fraction of sp³-hybridized carbons (Fsp3) is 0.529. The Hall–Kier alpha value is -1.60. The summed E-state index contributed by atoms with van der Waals surface area (Å²) in [5.41, 5.74) is 1.17. The van der Waals surface area contributed by atoms with Gasteiger partial charge in [-0.15, -0.1) is 0 Å². The lowest BCUT2D eigenvalue weighted by Gasteiger charge is -2.36. The molecule has 8 heteroatoms. The van der Waals surface area contributed by atoms with Crippen LogP contribution in [0.25, 0.3) is 0 Å². The topological polar surface area (TPSA) is 40.6 Å². The lowest BCUT2D eigenvalue weighted by Crippen LogP contribution is -2.49. The number of halogens is 4. The summed E-state index contributed by atoms with van der Waals surface area (Å²) in [5.74, 6) is -2.34. The van der Waals surface area contributed by atoms with Crippen molar-refractivity contribution in [2.45, 2.75) is 38.4 Å². The molecule has 1 aromatic rings. The van der Waals surface area contributed by atoms with Crippen LogP contribution in [0.2, 0.25) is 5.02 Å². The summed E-state index contributed by atoms with van der Waals surface area (Å²) >= 11 is 6.06. The SMILES string of the molecule is Cc1ccc(N2C(=O)C[C@H](N3CCC[C@H](C(F)(F)F)C3)C2=O)cc1Cl. The van der Waals surface area contributed by atoms with E-state index in [1.165, 1.54) is 11.0 Å². The molecule has 25 heavy (non-hydrogen) atoms. The van der Waals surface area contributed by atoms with E-state index in [9.17, 15) is 22.8 Å². The van der Waals surface area contributed by atoms with Gasteiger partial charge in [-0.05, 0) is 44.0 Å². The number of piperidine rings is 1. The van der Waals surface area contributed by atoms with Gasteiger partial charge in [-0.2, -0.15) is 13.2 Å². The van der Waals surface area contributed by atoms with Gasteiger partial charge in [0, 0.05) is 11.6 Å².